The number of nitrogens with zero attached hydrogens (tertiary/aromatic N) is 2. The topological polar surface area (TPSA) is 93.2 Å². The number of fused-ring (bicyclic) bond motifs is 1. The quantitative estimate of drug-likeness (QED) is 0.598. The monoisotopic (exact) mass is 366 g/mol. The number of ether oxygens (including phenoxy) is 1. The number of nitrogens with one attached hydrogen (secondary N) is 2. The van der Waals surface area contributed by atoms with Gasteiger partial charge in [-0.1, -0.05) is 24.3 Å². The summed E-state index contributed by atoms with van der Waals surface area (Å²) in [6.07, 6.45) is 7.53. The average molecular weight is 366 g/mol. The van der Waals surface area contributed by atoms with E-state index in [9.17, 15) is 9.59 Å². The molecule has 1 aliphatic rings. The summed E-state index contributed by atoms with van der Waals surface area (Å²) in [6.45, 7) is 1.78. The molecule has 1 aromatic heterocycles. The Bertz CT molecular complexity index is 824. The van der Waals surface area contributed by atoms with Crippen molar-refractivity contribution >= 4 is 23.8 Å². The van der Waals surface area contributed by atoms with E-state index in [2.05, 4.69) is 37.5 Å². The van der Waals surface area contributed by atoms with Gasteiger partial charge in [0.25, 0.3) is 0 Å². The zero-order valence-corrected chi connectivity index (χ0v) is 15.3. The second-order valence-corrected chi connectivity index (χ2v) is 6.43. The third-order valence-electron chi connectivity index (χ3n) is 4.42. The van der Waals surface area contributed by atoms with Crippen molar-refractivity contribution in [2.75, 3.05) is 12.4 Å². The molecule has 140 valence electrons. The Hall–Kier alpha value is -3.22. The van der Waals surface area contributed by atoms with Crippen molar-refractivity contribution in [2.24, 2.45) is 0 Å². The third-order valence-corrected chi connectivity index (χ3v) is 4.42. The van der Waals surface area contributed by atoms with Gasteiger partial charge in [-0.15, -0.1) is 0 Å². The minimum Gasteiger partial charge on any atom is -0.466 e. The molecular weight excluding hydrogens is 344 g/mol. The first-order valence-corrected chi connectivity index (χ1v) is 8.77. The van der Waals surface area contributed by atoms with Gasteiger partial charge in [0, 0.05) is 12.1 Å². The van der Waals surface area contributed by atoms with Crippen molar-refractivity contribution in [2.45, 2.75) is 31.8 Å². The molecule has 7 heteroatoms. The molecule has 1 amide bonds. The van der Waals surface area contributed by atoms with Crippen LogP contribution in [0.4, 0.5) is 5.82 Å². The van der Waals surface area contributed by atoms with Gasteiger partial charge in [0.1, 0.15) is 11.9 Å². The standard InChI is InChI=1S/C20H22N4O3/c1-13(20(26)24-17-9-14-5-3-4-6-15(14)10-17)23-18-12-21-16(11-22-18)7-8-19(25)27-2/h3-8,11-13,17H,9-10H2,1-2H3,(H,22,23)(H,24,26)/b8-7+/t13-/m1/s1. The predicted molar refractivity (Wildman–Crippen MR) is 102 cm³/mol. The van der Waals surface area contributed by atoms with Crippen LogP contribution in [0, 0.1) is 0 Å². The van der Waals surface area contributed by atoms with Crippen LogP contribution in [0.25, 0.3) is 6.08 Å². The Morgan fingerprint density at radius 2 is 1.89 bits per heavy atom. The summed E-state index contributed by atoms with van der Waals surface area (Å²) in [4.78, 5) is 31.9. The van der Waals surface area contributed by atoms with Crippen LogP contribution >= 0.6 is 0 Å². The molecule has 7 nitrogen and oxygen atoms in total. The number of amides is 1. The number of esters is 1. The van der Waals surface area contributed by atoms with E-state index in [0.29, 0.717) is 11.5 Å². The number of carbonyl (C=O) groups excluding carboxylic acids is 2. The van der Waals surface area contributed by atoms with Gasteiger partial charge >= 0.3 is 5.97 Å². The van der Waals surface area contributed by atoms with Crippen LogP contribution in [0.1, 0.15) is 23.7 Å². The summed E-state index contributed by atoms with van der Waals surface area (Å²) in [5.74, 6) is -0.0507. The molecule has 0 saturated carbocycles. The number of methoxy groups -OCH3 is 1. The van der Waals surface area contributed by atoms with Crippen LogP contribution in [0.5, 0.6) is 0 Å². The highest BCUT2D eigenvalue weighted by atomic mass is 16.5. The number of hydrogen-bond donors (Lipinski definition) is 2. The number of carbonyl (C=O) groups is 2. The molecule has 0 unspecified atom stereocenters. The Morgan fingerprint density at radius 3 is 2.48 bits per heavy atom. The second kappa shape index (κ2) is 8.44. The van der Waals surface area contributed by atoms with Crippen molar-refractivity contribution in [3.05, 3.63) is 59.6 Å². The van der Waals surface area contributed by atoms with Gasteiger partial charge < -0.3 is 15.4 Å². The highest BCUT2D eigenvalue weighted by molar-refractivity contribution is 5.86. The molecule has 1 atom stereocenters. The Kier molecular flexibility index (Phi) is 5.80. The van der Waals surface area contributed by atoms with Crippen molar-refractivity contribution in [3.63, 3.8) is 0 Å². The molecular formula is C20H22N4O3. The molecule has 1 aromatic carbocycles. The first-order chi connectivity index (χ1) is 13.0. The highest BCUT2D eigenvalue weighted by Gasteiger charge is 2.24. The Labute approximate surface area is 157 Å². The van der Waals surface area contributed by atoms with Gasteiger partial charge in [0.05, 0.1) is 25.2 Å². The minimum absolute atomic E-state index is 0.0794. The molecule has 1 aliphatic carbocycles. The first kappa shape index (κ1) is 18.6. The van der Waals surface area contributed by atoms with E-state index in [1.54, 1.807) is 6.92 Å². The molecule has 3 rings (SSSR count). The van der Waals surface area contributed by atoms with Gasteiger partial charge in [0.15, 0.2) is 0 Å². The molecule has 0 spiro atoms. The lowest BCUT2D eigenvalue weighted by Gasteiger charge is -2.18. The lowest BCUT2D eigenvalue weighted by atomic mass is 10.1. The van der Waals surface area contributed by atoms with Crippen LogP contribution in [-0.4, -0.2) is 41.0 Å². The smallest absolute Gasteiger partial charge is 0.330 e. The van der Waals surface area contributed by atoms with E-state index in [-0.39, 0.29) is 11.9 Å². The summed E-state index contributed by atoms with van der Waals surface area (Å²) in [5.41, 5.74) is 3.11. The fraction of sp³-hybridized carbons (Fsp3) is 0.300. The van der Waals surface area contributed by atoms with Crippen LogP contribution in [0.2, 0.25) is 0 Å². The van der Waals surface area contributed by atoms with Gasteiger partial charge in [0.2, 0.25) is 5.91 Å². The maximum Gasteiger partial charge on any atom is 0.330 e. The van der Waals surface area contributed by atoms with Crippen LogP contribution < -0.4 is 10.6 Å². The maximum atomic E-state index is 12.4. The van der Waals surface area contributed by atoms with Gasteiger partial charge in [-0.3, -0.25) is 9.78 Å². The molecule has 0 aliphatic heterocycles. The fourth-order valence-electron chi connectivity index (χ4n) is 2.99. The number of anilines is 1. The van der Waals surface area contributed by atoms with Crippen molar-refractivity contribution in [1.82, 2.24) is 15.3 Å². The van der Waals surface area contributed by atoms with E-state index < -0.39 is 12.0 Å². The van der Waals surface area contributed by atoms with E-state index in [4.69, 9.17) is 0 Å². The molecule has 2 N–H and O–H groups in total. The summed E-state index contributed by atoms with van der Waals surface area (Å²) >= 11 is 0. The highest BCUT2D eigenvalue weighted by Crippen LogP contribution is 2.21. The van der Waals surface area contributed by atoms with Crippen LogP contribution in [-0.2, 0) is 27.2 Å². The summed E-state index contributed by atoms with van der Waals surface area (Å²) in [6, 6.07) is 7.94. The fourth-order valence-corrected chi connectivity index (χ4v) is 2.99. The number of aromatic nitrogens is 2. The maximum absolute atomic E-state index is 12.4. The third kappa shape index (κ3) is 4.91. The van der Waals surface area contributed by atoms with E-state index in [1.807, 2.05) is 12.1 Å². The molecule has 1 heterocycles. The summed E-state index contributed by atoms with van der Waals surface area (Å²) in [5, 5.41) is 6.12. The molecule has 0 saturated heterocycles. The van der Waals surface area contributed by atoms with Crippen molar-refractivity contribution in [3.8, 4) is 0 Å². The van der Waals surface area contributed by atoms with E-state index in [1.165, 1.54) is 42.8 Å². The number of benzene rings is 1. The first-order valence-electron chi connectivity index (χ1n) is 8.77. The van der Waals surface area contributed by atoms with Crippen LogP contribution in [0.3, 0.4) is 0 Å². The molecule has 0 bridgehead atoms. The average Bonchev–Trinajstić information content (AvgIpc) is 3.09. The van der Waals surface area contributed by atoms with Crippen LogP contribution in [0.15, 0.2) is 42.7 Å². The SMILES string of the molecule is COC(=O)/C=C/c1cnc(N[C@H](C)C(=O)NC2Cc3ccccc3C2)cn1. The molecule has 0 fully saturated rings. The molecule has 27 heavy (non-hydrogen) atoms. The predicted octanol–water partition coefficient (Wildman–Crippen LogP) is 1.75. The lowest BCUT2D eigenvalue weighted by molar-refractivity contribution is -0.134. The minimum atomic E-state index is -0.460. The normalized spacial score (nSPS) is 14.6. The second-order valence-electron chi connectivity index (χ2n) is 6.43. The van der Waals surface area contributed by atoms with E-state index in [0.717, 1.165) is 12.8 Å². The van der Waals surface area contributed by atoms with E-state index >= 15 is 0 Å². The van der Waals surface area contributed by atoms with Gasteiger partial charge in [-0.05, 0) is 37.0 Å². The molecule has 0 radical (unpaired) electrons. The summed E-state index contributed by atoms with van der Waals surface area (Å²) in [7, 11) is 1.31. The zero-order valence-electron chi connectivity index (χ0n) is 15.3. The molecule has 2 aromatic rings. The lowest BCUT2D eigenvalue weighted by Crippen LogP contribution is -2.43. The van der Waals surface area contributed by atoms with Crippen molar-refractivity contribution in [1.29, 1.82) is 0 Å². The zero-order chi connectivity index (χ0) is 19.2. The number of hydrogen-bond acceptors (Lipinski definition) is 6. The Balaban J connectivity index is 1.51. The largest absolute Gasteiger partial charge is 0.466 e. The van der Waals surface area contributed by atoms with Gasteiger partial charge in [-0.2, -0.15) is 0 Å². The van der Waals surface area contributed by atoms with Gasteiger partial charge in [-0.25, -0.2) is 9.78 Å². The number of rotatable bonds is 6. The Morgan fingerprint density at radius 1 is 1.19 bits per heavy atom. The summed E-state index contributed by atoms with van der Waals surface area (Å²) < 4.78 is 4.52. The van der Waals surface area contributed by atoms with Crippen molar-refractivity contribution < 1.29 is 14.3 Å².